The molecule has 2 aromatic carbocycles. The van der Waals surface area contributed by atoms with Gasteiger partial charge in [0.2, 0.25) is 0 Å². The summed E-state index contributed by atoms with van der Waals surface area (Å²) in [6, 6.07) is 8.65. The normalized spacial score (nSPS) is 10.6. The molecule has 0 aliphatic heterocycles. The third-order valence-electron chi connectivity index (χ3n) is 3.61. The Balaban J connectivity index is 1.91. The fraction of sp³-hybridized carbons (Fsp3) is 0.188. The average Bonchev–Trinajstić information content (AvgIpc) is 3.03. The number of methoxy groups -OCH3 is 1. The van der Waals surface area contributed by atoms with Gasteiger partial charge in [-0.2, -0.15) is 0 Å². The zero-order valence-corrected chi connectivity index (χ0v) is 13.5. The Bertz CT molecular complexity index is 966. The number of ether oxygens (including phenoxy) is 2. The summed E-state index contributed by atoms with van der Waals surface area (Å²) in [5.41, 5.74) is 1.41. The fourth-order valence-corrected chi connectivity index (χ4v) is 2.35. The first-order valence-electron chi connectivity index (χ1n) is 7.41. The molecule has 0 bridgehead atoms. The molecule has 3 rings (SSSR count). The van der Waals surface area contributed by atoms with Crippen LogP contribution in [0.15, 0.2) is 36.4 Å². The smallest absolute Gasteiger partial charge is 0.343 e. The monoisotopic (exact) mass is 342 g/mol. The minimum atomic E-state index is -0.674. The van der Waals surface area contributed by atoms with E-state index < -0.39 is 10.9 Å². The number of esters is 1. The van der Waals surface area contributed by atoms with Crippen LogP contribution in [-0.4, -0.2) is 33.0 Å². The van der Waals surface area contributed by atoms with Gasteiger partial charge in [0, 0.05) is 12.6 Å². The first-order chi connectivity index (χ1) is 12.0. The van der Waals surface area contributed by atoms with E-state index >= 15 is 0 Å². The number of carbonyl (C=O) groups excluding carboxylic acids is 1. The molecule has 128 valence electrons. The summed E-state index contributed by atoms with van der Waals surface area (Å²) in [5.74, 6) is -0.484. The van der Waals surface area contributed by atoms with Crippen LogP contribution >= 0.6 is 0 Å². The van der Waals surface area contributed by atoms with Crippen molar-refractivity contribution in [1.29, 1.82) is 0 Å². The standard InChI is InChI=1S/C16H14N4O5/c1-3-19-13-6-4-10(8-12(13)17-18-19)16(21)25-15-9-11(20(22)23)5-7-14(15)24-2/h4-9H,3H2,1-2H3. The quantitative estimate of drug-likeness (QED) is 0.303. The van der Waals surface area contributed by atoms with Crippen molar-refractivity contribution in [2.24, 2.45) is 0 Å². The van der Waals surface area contributed by atoms with Crippen molar-refractivity contribution in [3.8, 4) is 11.5 Å². The molecule has 9 heteroatoms. The number of nitrogens with zero attached hydrogens (tertiary/aromatic N) is 4. The molecule has 0 aliphatic carbocycles. The van der Waals surface area contributed by atoms with E-state index in [0.717, 1.165) is 11.6 Å². The number of hydrogen-bond donors (Lipinski definition) is 0. The zero-order valence-electron chi connectivity index (χ0n) is 13.5. The molecule has 9 nitrogen and oxygen atoms in total. The van der Waals surface area contributed by atoms with Crippen LogP contribution in [0, 0.1) is 10.1 Å². The first-order valence-corrected chi connectivity index (χ1v) is 7.41. The molecule has 0 radical (unpaired) electrons. The fourth-order valence-electron chi connectivity index (χ4n) is 2.35. The van der Waals surface area contributed by atoms with E-state index in [1.54, 1.807) is 22.9 Å². The zero-order chi connectivity index (χ0) is 18.0. The van der Waals surface area contributed by atoms with Crippen molar-refractivity contribution in [3.63, 3.8) is 0 Å². The average molecular weight is 342 g/mol. The summed E-state index contributed by atoms with van der Waals surface area (Å²) in [5, 5.41) is 18.9. The third-order valence-corrected chi connectivity index (χ3v) is 3.61. The van der Waals surface area contributed by atoms with Gasteiger partial charge in [-0.15, -0.1) is 5.10 Å². The van der Waals surface area contributed by atoms with Crippen molar-refractivity contribution in [1.82, 2.24) is 15.0 Å². The Labute approximate surface area is 141 Å². The first kappa shape index (κ1) is 16.4. The number of benzene rings is 2. The van der Waals surface area contributed by atoms with Crippen molar-refractivity contribution in [2.75, 3.05) is 7.11 Å². The van der Waals surface area contributed by atoms with Crippen LogP contribution in [0.2, 0.25) is 0 Å². The Morgan fingerprint density at radius 1 is 1.24 bits per heavy atom. The molecule has 25 heavy (non-hydrogen) atoms. The second-order valence-electron chi connectivity index (χ2n) is 5.09. The summed E-state index contributed by atoms with van der Waals surface area (Å²) in [6.45, 7) is 2.59. The number of carbonyl (C=O) groups is 1. The van der Waals surface area contributed by atoms with Crippen molar-refractivity contribution in [3.05, 3.63) is 52.1 Å². The molecule has 0 atom stereocenters. The van der Waals surface area contributed by atoms with Gasteiger partial charge in [-0.05, 0) is 31.2 Å². The second kappa shape index (κ2) is 6.56. The highest BCUT2D eigenvalue weighted by Crippen LogP contribution is 2.31. The molecular formula is C16H14N4O5. The summed E-state index contributed by atoms with van der Waals surface area (Å²) in [6.07, 6.45) is 0. The van der Waals surface area contributed by atoms with E-state index in [1.165, 1.54) is 19.2 Å². The summed E-state index contributed by atoms with van der Waals surface area (Å²) >= 11 is 0. The van der Waals surface area contributed by atoms with Crippen LogP contribution in [0.25, 0.3) is 11.0 Å². The van der Waals surface area contributed by atoms with Crippen molar-refractivity contribution >= 4 is 22.7 Å². The maximum Gasteiger partial charge on any atom is 0.343 e. The Hall–Kier alpha value is -3.49. The minimum absolute atomic E-state index is 0.0287. The molecule has 3 aromatic rings. The topological polar surface area (TPSA) is 109 Å². The van der Waals surface area contributed by atoms with Crippen LogP contribution in [0.1, 0.15) is 17.3 Å². The van der Waals surface area contributed by atoms with Gasteiger partial charge in [0.25, 0.3) is 5.69 Å². The molecule has 0 aliphatic rings. The predicted molar refractivity (Wildman–Crippen MR) is 87.8 cm³/mol. The van der Waals surface area contributed by atoms with Gasteiger partial charge in [0.1, 0.15) is 5.52 Å². The van der Waals surface area contributed by atoms with Crippen LogP contribution in [0.4, 0.5) is 5.69 Å². The van der Waals surface area contributed by atoms with E-state index in [0.29, 0.717) is 12.1 Å². The Kier molecular flexibility index (Phi) is 4.29. The van der Waals surface area contributed by atoms with Gasteiger partial charge < -0.3 is 9.47 Å². The summed E-state index contributed by atoms with van der Waals surface area (Å²) < 4.78 is 12.1. The van der Waals surface area contributed by atoms with Gasteiger partial charge in [0.15, 0.2) is 11.5 Å². The van der Waals surface area contributed by atoms with Gasteiger partial charge >= 0.3 is 5.97 Å². The van der Waals surface area contributed by atoms with E-state index in [4.69, 9.17) is 9.47 Å². The van der Waals surface area contributed by atoms with E-state index in [-0.39, 0.29) is 22.7 Å². The van der Waals surface area contributed by atoms with Gasteiger partial charge in [0.05, 0.1) is 29.2 Å². The highest BCUT2D eigenvalue weighted by atomic mass is 16.6. The van der Waals surface area contributed by atoms with Crippen LogP contribution in [0.5, 0.6) is 11.5 Å². The highest BCUT2D eigenvalue weighted by molar-refractivity contribution is 5.95. The number of nitro benzene ring substituents is 1. The molecule has 0 amide bonds. The molecule has 1 heterocycles. The highest BCUT2D eigenvalue weighted by Gasteiger charge is 2.17. The number of aromatic nitrogens is 3. The van der Waals surface area contributed by atoms with Gasteiger partial charge in [-0.3, -0.25) is 10.1 Å². The summed E-state index contributed by atoms with van der Waals surface area (Å²) in [4.78, 5) is 22.7. The third kappa shape index (κ3) is 3.11. The second-order valence-corrected chi connectivity index (χ2v) is 5.09. The molecule has 0 saturated heterocycles. The SMILES string of the molecule is CCn1nnc2cc(C(=O)Oc3cc([N+](=O)[O-])ccc3OC)ccc21. The molecule has 0 fully saturated rings. The predicted octanol–water partition coefficient (Wildman–Crippen LogP) is 2.59. The van der Waals surface area contributed by atoms with Crippen molar-refractivity contribution in [2.45, 2.75) is 13.5 Å². The Morgan fingerprint density at radius 3 is 2.72 bits per heavy atom. The molecule has 0 spiro atoms. The lowest BCUT2D eigenvalue weighted by atomic mass is 10.2. The maximum atomic E-state index is 12.4. The molecule has 0 saturated carbocycles. The maximum absolute atomic E-state index is 12.4. The number of fused-ring (bicyclic) bond motifs is 1. The lowest BCUT2D eigenvalue weighted by Gasteiger charge is -2.09. The number of aryl methyl sites for hydroxylation is 1. The lowest BCUT2D eigenvalue weighted by Crippen LogP contribution is -2.09. The number of non-ortho nitro benzene ring substituents is 1. The molecular weight excluding hydrogens is 328 g/mol. The minimum Gasteiger partial charge on any atom is -0.493 e. The van der Waals surface area contributed by atoms with Crippen molar-refractivity contribution < 1.29 is 19.2 Å². The Morgan fingerprint density at radius 2 is 2.04 bits per heavy atom. The lowest BCUT2D eigenvalue weighted by molar-refractivity contribution is -0.384. The van der Waals surface area contributed by atoms with Crippen LogP contribution in [0.3, 0.4) is 0 Å². The van der Waals surface area contributed by atoms with Gasteiger partial charge in [-0.1, -0.05) is 5.21 Å². The number of nitro groups is 1. The van der Waals surface area contributed by atoms with E-state index in [1.807, 2.05) is 6.92 Å². The summed E-state index contributed by atoms with van der Waals surface area (Å²) in [7, 11) is 1.38. The molecule has 0 N–H and O–H groups in total. The largest absolute Gasteiger partial charge is 0.493 e. The van der Waals surface area contributed by atoms with Gasteiger partial charge in [-0.25, -0.2) is 9.48 Å². The number of rotatable bonds is 5. The van der Waals surface area contributed by atoms with Crippen LogP contribution < -0.4 is 9.47 Å². The molecule has 1 aromatic heterocycles. The van der Waals surface area contributed by atoms with E-state index in [9.17, 15) is 14.9 Å². The number of hydrogen-bond acceptors (Lipinski definition) is 7. The van der Waals surface area contributed by atoms with E-state index in [2.05, 4.69) is 10.3 Å². The molecule has 0 unspecified atom stereocenters. The van der Waals surface area contributed by atoms with Crippen LogP contribution in [-0.2, 0) is 6.54 Å².